The van der Waals surface area contributed by atoms with Gasteiger partial charge in [-0.15, -0.1) is 12.3 Å². The van der Waals surface area contributed by atoms with Gasteiger partial charge >= 0.3 is 6.09 Å². The molecule has 2 N–H and O–H groups in total. The molecule has 0 aromatic rings. The number of carbonyl (C=O) groups excluding carboxylic acids is 1. The van der Waals surface area contributed by atoms with E-state index >= 15 is 0 Å². The number of terminal acetylenes is 1. The molecule has 0 spiro atoms. The second-order valence-corrected chi connectivity index (χ2v) is 6.89. The van der Waals surface area contributed by atoms with Crippen molar-refractivity contribution >= 4 is 6.09 Å². The summed E-state index contributed by atoms with van der Waals surface area (Å²) in [7, 11) is 0. The van der Waals surface area contributed by atoms with Gasteiger partial charge in [0, 0.05) is 24.5 Å². The number of hydrogen-bond donors (Lipinski definition) is 2. The van der Waals surface area contributed by atoms with E-state index in [1.807, 2.05) is 20.8 Å². The van der Waals surface area contributed by atoms with Crippen LogP contribution in [-0.2, 0) is 4.74 Å². The summed E-state index contributed by atoms with van der Waals surface area (Å²) < 4.78 is 5.32. The Morgan fingerprint density at radius 2 is 2.05 bits per heavy atom. The molecular weight excluding hydrogens is 264 g/mol. The fraction of sp³-hybridized carbons (Fsp3) is 0.824. The Morgan fingerprint density at radius 3 is 2.62 bits per heavy atom. The first-order chi connectivity index (χ1) is 9.84. The molecule has 21 heavy (non-hydrogen) atoms. The maximum atomic E-state index is 11.8. The largest absolute Gasteiger partial charge is 0.444 e. The van der Waals surface area contributed by atoms with Crippen LogP contribution >= 0.6 is 0 Å². The fourth-order valence-electron chi connectivity index (χ4n) is 2.74. The first-order valence-electron chi connectivity index (χ1n) is 8.03. The molecule has 1 amide bonds. The van der Waals surface area contributed by atoms with Crippen molar-refractivity contribution in [2.45, 2.75) is 89.9 Å². The Bertz CT molecular complexity index is 368. The van der Waals surface area contributed by atoms with Gasteiger partial charge in [-0.25, -0.2) is 4.79 Å². The lowest BCUT2D eigenvalue weighted by atomic mass is 9.90. The van der Waals surface area contributed by atoms with E-state index in [0.29, 0.717) is 12.1 Å². The third-order valence-corrected chi connectivity index (χ3v) is 3.72. The number of alkyl carbamates (subject to hydrolysis) is 1. The molecule has 4 nitrogen and oxygen atoms in total. The number of amides is 1. The SMILES string of the molecule is C#CCC(CC)NC1CCCC(NC(=O)OC(C)(C)C)C1. The van der Waals surface area contributed by atoms with E-state index in [1.54, 1.807) is 0 Å². The molecule has 0 radical (unpaired) electrons. The van der Waals surface area contributed by atoms with Crippen LogP contribution in [-0.4, -0.2) is 29.8 Å². The van der Waals surface area contributed by atoms with Crippen molar-refractivity contribution in [2.75, 3.05) is 0 Å². The maximum absolute atomic E-state index is 11.8. The van der Waals surface area contributed by atoms with E-state index < -0.39 is 5.60 Å². The molecule has 120 valence electrons. The van der Waals surface area contributed by atoms with Crippen molar-refractivity contribution in [3.8, 4) is 12.3 Å². The Balaban J connectivity index is 2.41. The number of rotatable bonds is 5. The predicted octanol–water partition coefficient (Wildman–Crippen LogP) is 3.21. The quantitative estimate of drug-likeness (QED) is 0.766. The standard InChI is InChI=1S/C17H30N2O2/c1-6-9-13(7-2)18-14-10-8-11-15(12-14)19-16(20)21-17(3,4)5/h1,13-15,18H,7-12H2,2-5H3,(H,19,20). The Kier molecular flexibility index (Phi) is 7.04. The molecule has 4 heteroatoms. The van der Waals surface area contributed by atoms with Crippen molar-refractivity contribution < 1.29 is 9.53 Å². The van der Waals surface area contributed by atoms with Crippen LogP contribution in [0.4, 0.5) is 4.79 Å². The van der Waals surface area contributed by atoms with Crippen LogP contribution in [0.25, 0.3) is 0 Å². The summed E-state index contributed by atoms with van der Waals surface area (Å²) in [5.41, 5.74) is -0.448. The number of nitrogens with one attached hydrogen (secondary N) is 2. The third kappa shape index (κ3) is 7.38. The van der Waals surface area contributed by atoms with Gasteiger partial charge in [-0.3, -0.25) is 0 Å². The number of hydrogen-bond acceptors (Lipinski definition) is 3. The monoisotopic (exact) mass is 294 g/mol. The highest BCUT2D eigenvalue weighted by Crippen LogP contribution is 2.20. The van der Waals surface area contributed by atoms with Crippen molar-refractivity contribution in [3.63, 3.8) is 0 Å². The van der Waals surface area contributed by atoms with Crippen LogP contribution in [0, 0.1) is 12.3 Å². The molecule has 0 bridgehead atoms. The minimum absolute atomic E-state index is 0.189. The first-order valence-corrected chi connectivity index (χ1v) is 8.03. The molecule has 1 saturated carbocycles. The first kappa shape index (κ1) is 17.8. The topological polar surface area (TPSA) is 50.4 Å². The highest BCUT2D eigenvalue weighted by atomic mass is 16.6. The smallest absolute Gasteiger partial charge is 0.407 e. The molecule has 3 unspecified atom stereocenters. The van der Waals surface area contributed by atoms with Crippen LogP contribution in [0.3, 0.4) is 0 Å². The van der Waals surface area contributed by atoms with Crippen molar-refractivity contribution in [1.82, 2.24) is 10.6 Å². The lowest BCUT2D eigenvalue weighted by Crippen LogP contribution is -2.47. The van der Waals surface area contributed by atoms with Gasteiger partial charge in [-0.1, -0.05) is 6.92 Å². The summed E-state index contributed by atoms with van der Waals surface area (Å²) in [6, 6.07) is 0.992. The van der Waals surface area contributed by atoms with Gasteiger partial charge in [0.2, 0.25) is 0 Å². The summed E-state index contributed by atoms with van der Waals surface area (Å²) in [5.74, 6) is 2.73. The molecule has 1 rings (SSSR count). The summed E-state index contributed by atoms with van der Waals surface area (Å²) in [5, 5.41) is 6.61. The Morgan fingerprint density at radius 1 is 1.38 bits per heavy atom. The van der Waals surface area contributed by atoms with E-state index in [4.69, 9.17) is 11.2 Å². The molecule has 0 aromatic carbocycles. The molecule has 0 saturated heterocycles. The van der Waals surface area contributed by atoms with Gasteiger partial charge in [0.25, 0.3) is 0 Å². The Labute approximate surface area is 129 Å². The molecule has 1 aliphatic rings. The highest BCUT2D eigenvalue weighted by molar-refractivity contribution is 5.68. The average molecular weight is 294 g/mol. The van der Waals surface area contributed by atoms with Crippen LogP contribution < -0.4 is 10.6 Å². The van der Waals surface area contributed by atoms with E-state index in [1.165, 1.54) is 0 Å². The van der Waals surface area contributed by atoms with Gasteiger partial charge < -0.3 is 15.4 Å². The normalized spacial score (nSPS) is 24.0. The van der Waals surface area contributed by atoms with Crippen LogP contribution in [0.15, 0.2) is 0 Å². The molecule has 0 aromatic heterocycles. The second kappa shape index (κ2) is 8.29. The summed E-state index contributed by atoms with van der Waals surface area (Å²) in [6.45, 7) is 7.78. The third-order valence-electron chi connectivity index (χ3n) is 3.72. The zero-order valence-electron chi connectivity index (χ0n) is 13.9. The maximum Gasteiger partial charge on any atom is 0.407 e. The fourth-order valence-corrected chi connectivity index (χ4v) is 2.74. The van der Waals surface area contributed by atoms with Crippen LogP contribution in [0.2, 0.25) is 0 Å². The zero-order valence-corrected chi connectivity index (χ0v) is 13.9. The number of ether oxygens (including phenoxy) is 1. The minimum Gasteiger partial charge on any atom is -0.444 e. The molecule has 3 atom stereocenters. The zero-order chi connectivity index (χ0) is 15.9. The summed E-state index contributed by atoms with van der Waals surface area (Å²) >= 11 is 0. The van der Waals surface area contributed by atoms with Crippen molar-refractivity contribution in [3.05, 3.63) is 0 Å². The van der Waals surface area contributed by atoms with E-state index in [2.05, 4.69) is 23.5 Å². The number of carbonyl (C=O) groups is 1. The van der Waals surface area contributed by atoms with Gasteiger partial charge in [-0.2, -0.15) is 0 Å². The van der Waals surface area contributed by atoms with Gasteiger partial charge in [0.1, 0.15) is 5.60 Å². The summed E-state index contributed by atoms with van der Waals surface area (Å²) in [6.07, 6.45) is 11.1. The predicted molar refractivity (Wildman–Crippen MR) is 86.1 cm³/mol. The van der Waals surface area contributed by atoms with E-state index in [-0.39, 0.29) is 12.1 Å². The van der Waals surface area contributed by atoms with Crippen molar-refractivity contribution in [2.24, 2.45) is 0 Å². The van der Waals surface area contributed by atoms with Gasteiger partial charge in [-0.05, 0) is 52.9 Å². The Hall–Kier alpha value is -1.21. The molecule has 1 fully saturated rings. The van der Waals surface area contributed by atoms with E-state index in [9.17, 15) is 4.79 Å². The second-order valence-electron chi connectivity index (χ2n) is 6.89. The molecular formula is C17H30N2O2. The lowest BCUT2D eigenvalue weighted by molar-refractivity contribution is 0.0488. The average Bonchev–Trinajstić information content (AvgIpc) is 2.36. The van der Waals surface area contributed by atoms with E-state index in [0.717, 1.165) is 38.5 Å². The molecule has 0 aliphatic heterocycles. The van der Waals surface area contributed by atoms with Crippen molar-refractivity contribution in [1.29, 1.82) is 0 Å². The van der Waals surface area contributed by atoms with Crippen LogP contribution in [0.5, 0.6) is 0 Å². The molecule has 0 heterocycles. The highest BCUT2D eigenvalue weighted by Gasteiger charge is 2.26. The van der Waals surface area contributed by atoms with Gasteiger partial charge in [0.15, 0.2) is 0 Å². The van der Waals surface area contributed by atoms with Gasteiger partial charge in [0.05, 0.1) is 0 Å². The minimum atomic E-state index is -0.448. The summed E-state index contributed by atoms with van der Waals surface area (Å²) in [4.78, 5) is 11.8. The lowest BCUT2D eigenvalue weighted by Gasteiger charge is -2.33. The van der Waals surface area contributed by atoms with Crippen LogP contribution in [0.1, 0.15) is 66.2 Å². The molecule has 1 aliphatic carbocycles.